The van der Waals surface area contributed by atoms with Gasteiger partial charge in [-0.15, -0.1) is 0 Å². The molecular weight excluding hydrogens is 252 g/mol. The van der Waals surface area contributed by atoms with E-state index in [1.54, 1.807) is 0 Å². The minimum Gasteiger partial charge on any atom is -0.396 e. The van der Waals surface area contributed by atoms with E-state index in [0.717, 1.165) is 38.1 Å². The lowest BCUT2D eigenvalue weighted by Gasteiger charge is -2.32. The van der Waals surface area contributed by atoms with Crippen molar-refractivity contribution >= 4 is 0 Å². The summed E-state index contributed by atoms with van der Waals surface area (Å²) in [5, 5.41) is 19.0. The largest absolute Gasteiger partial charge is 0.396 e. The Kier molecular flexibility index (Phi) is 4.85. The van der Waals surface area contributed by atoms with Crippen LogP contribution in [0.4, 0.5) is 8.78 Å². The predicted octanol–water partition coefficient (Wildman–Crippen LogP) is 1.70. The van der Waals surface area contributed by atoms with E-state index in [1.165, 1.54) is 6.07 Å². The molecule has 0 radical (unpaired) electrons. The van der Waals surface area contributed by atoms with Gasteiger partial charge in [-0.3, -0.25) is 0 Å². The fourth-order valence-electron chi connectivity index (χ4n) is 2.52. The standard InChI is InChI=1S/C14H19F2NO2/c15-11-2-1-3-12(16)14(11)13(19)8-17-6-4-10(9-18)5-7-17/h1-3,10,13,18-19H,4-9H2. The van der Waals surface area contributed by atoms with Crippen molar-refractivity contribution in [3.63, 3.8) is 0 Å². The first-order valence-electron chi connectivity index (χ1n) is 6.57. The molecule has 1 heterocycles. The summed E-state index contributed by atoms with van der Waals surface area (Å²) in [4.78, 5) is 1.97. The van der Waals surface area contributed by atoms with Crippen molar-refractivity contribution in [2.75, 3.05) is 26.2 Å². The molecule has 0 spiro atoms. The molecule has 106 valence electrons. The van der Waals surface area contributed by atoms with E-state index in [2.05, 4.69) is 0 Å². The third-order valence-corrected chi connectivity index (χ3v) is 3.73. The van der Waals surface area contributed by atoms with Crippen molar-refractivity contribution in [3.8, 4) is 0 Å². The van der Waals surface area contributed by atoms with Crippen LogP contribution in [-0.4, -0.2) is 41.4 Å². The normalized spacial score (nSPS) is 19.6. The average molecular weight is 271 g/mol. The molecule has 1 unspecified atom stereocenters. The number of aliphatic hydroxyl groups excluding tert-OH is 2. The summed E-state index contributed by atoms with van der Waals surface area (Å²) in [6, 6.07) is 3.59. The molecule has 1 saturated heterocycles. The van der Waals surface area contributed by atoms with Gasteiger partial charge in [-0.05, 0) is 44.0 Å². The maximum absolute atomic E-state index is 13.5. The number of benzene rings is 1. The fourth-order valence-corrected chi connectivity index (χ4v) is 2.52. The van der Waals surface area contributed by atoms with E-state index in [1.807, 2.05) is 4.90 Å². The first-order chi connectivity index (χ1) is 9.11. The monoisotopic (exact) mass is 271 g/mol. The number of nitrogens with zero attached hydrogens (tertiary/aromatic N) is 1. The molecule has 1 fully saturated rings. The number of hydrogen-bond acceptors (Lipinski definition) is 3. The van der Waals surface area contributed by atoms with E-state index < -0.39 is 17.7 Å². The number of hydrogen-bond donors (Lipinski definition) is 2. The number of halogens is 2. The minimum absolute atomic E-state index is 0.179. The predicted molar refractivity (Wildman–Crippen MR) is 67.6 cm³/mol. The van der Waals surface area contributed by atoms with Gasteiger partial charge in [-0.25, -0.2) is 8.78 Å². The number of rotatable bonds is 4. The molecule has 0 aromatic heterocycles. The Balaban J connectivity index is 1.96. The molecule has 0 amide bonds. The van der Waals surface area contributed by atoms with Gasteiger partial charge in [0, 0.05) is 13.2 Å². The molecule has 1 aromatic carbocycles. The van der Waals surface area contributed by atoms with Crippen molar-refractivity contribution in [3.05, 3.63) is 35.4 Å². The molecule has 3 nitrogen and oxygen atoms in total. The first kappa shape index (κ1) is 14.4. The summed E-state index contributed by atoms with van der Waals surface area (Å²) < 4.78 is 27.0. The Labute approximate surface area is 111 Å². The van der Waals surface area contributed by atoms with Gasteiger partial charge in [0.15, 0.2) is 0 Å². The molecule has 1 atom stereocenters. The van der Waals surface area contributed by atoms with Crippen LogP contribution in [0.3, 0.4) is 0 Å². The van der Waals surface area contributed by atoms with Crippen LogP contribution < -0.4 is 0 Å². The summed E-state index contributed by atoms with van der Waals surface area (Å²) >= 11 is 0. The van der Waals surface area contributed by atoms with Crippen LogP contribution in [0.5, 0.6) is 0 Å². The third-order valence-electron chi connectivity index (χ3n) is 3.73. The van der Waals surface area contributed by atoms with Gasteiger partial charge in [0.1, 0.15) is 11.6 Å². The van der Waals surface area contributed by atoms with E-state index in [-0.39, 0.29) is 18.7 Å². The summed E-state index contributed by atoms with van der Waals surface area (Å²) in [5.74, 6) is -1.12. The fraction of sp³-hybridized carbons (Fsp3) is 0.571. The van der Waals surface area contributed by atoms with Crippen LogP contribution in [-0.2, 0) is 0 Å². The Morgan fingerprint density at radius 2 is 1.79 bits per heavy atom. The Hall–Kier alpha value is -1.04. The molecule has 1 aliphatic heterocycles. The second-order valence-corrected chi connectivity index (χ2v) is 5.08. The van der Waals surface area contributed by atoms with Crippen molar-refractivity contribution in [2.24, 2.45) is 5.92 Å². The highest BCUT2D eigenvalue weighted by Gasteiger charge is 2.24. The van der Waals surface area contributed by atoms with Gasteiger partial charge in [-0.1, -0.05) is 6.07 Å². The molecule has 0 bridgehead atoms. The lowest BCUT2D eigenvalue weighted by Crippen LogP contribution is -2.37. The number of piperidine rings is 1. The summed E-state index contributed by atoms with van der Waals surface area (Å²) in [6.07, 6.45) is 0.540. The average Bonchev–Trinajstić information content (AvgIpc) is 2.39. The lowest BCUT2D eigenvalue weighted by atomic mass is 9.97. The molecule has 5 heteroatoms. The van der Waals surface area contributed by atoms with E-state index in [0.29, 0.717) is 5.92 Å². The van der Waals surface area contributed by atoms with Crippen LogP contribution in [0, 0.1) is 17.6 Å². The molecular formula is C14H19F2NO2. The quantitative estimate of drug-likeness (QED) is 0.876. The molecule has 1 aliphatic rings. The molecule has 2 N–H and O–H groups in total. The summed E-state index contributed by atoms with van der Waals surface area (Å²) in [6.45, 7) is 1.87. The van der Waals surface area contributed by atoms with Crippen LogP contribution in [0.25, 0.3) is 0 Å². The maximum Gasteiger partial charge on any atom is 0.131 e. The van der Waals surface area contributed by atoms with E-state index >= 15 is 0 Å². The minimum atomic E-state index is -1.16. The molecule has 0 aliphatic carbocycles. The zero-order valence-corrected chi connectivity index (χ0v) is 10.7. The second-order valence-electron chi connectivity index (χ2n) is 5.08. The number of likely N-dealkylation sites (tertiary alicyclic amines) is 1. The SMILES string of the molecule is OCC1CCN(CC(O)c2c(F)cccc2F)CC1. The van der Waals surface area contributed by atoms with Gasteiger partial charge in [0.05, 0.1) is 11.7 Å². The van der Waals surface area contributed by atoms with Gasteiger partial charge in [0.25, 0.3) is 0 Å². The van der Waals surface area contributed by atoms with Crippen molar-refractivity contribution < 1.29 is 19.0 Å². The second kappa shape index (κ2) is 6.41. The van der Waals surface area contributed by atoms with E-state index in [4.69, 9.17) is 5.11 Å². The summed E-state index contributed by atoms with van der Waals surface area (Å²) in [5.41, 5.74) is -0.258. The highest BCUT2D eigenvalue weighted by Crippen LogP contribution is 2.24. The van der Waals surface area contributed by atoms with Gasteiger partial charge in [-0.2, -0.15) is 0 Å². The molecule has 0 saturated carbocycles. The molecule has 2 rings (SSSR count). The van der Waals surface area contributed by atoms with E-state index in [9.17, 15) is 13.9 Å². The topological polar surface area (TPSA) is 43.7 Å². The lowest BCUT2D eigenvalue weighted by molar-refractivity contribution is 0.0728. The summed E-state index contributed by atoms with van der Waals surface area (Å²) in [7, 11) is 0. The zero-order chi connectivity index (χ0) is 13.8. The third kappa shape index (κ3) is 3.49. The Morgan fingerprint density at radius 1 is 1.21 bits per heavy atom. The highest BCUT2D eigenvalue weighted by atomic mass is 19.1. The van der Waals surface area contributed by atoms with Crippen molar-refractivity contribution in [1.82, 2.24) is 4.90 Å². The van der Waals surface area contributed by atoms with Crippen LogP contribution >= 0.6 is 0 Å². The van der Waals surface area contributed by atoms with Gasteiger partial charge >= 0.3 is 0 Å². The molecule has 19 heavy (non-hydrogen) atoms. The first-order valence-corrected chi connectivity index (χ1v) is 6.57. The van der Waals surface area contributed by atoms with Gasteiger partial charge < -0.3 is 15.1 Å². The van der Waals surface area contributed by atoms with Gasteiger partial charge in [0.2, 0.25) is 0 Å². The smallest absolute Gasteiger partial charge is 0.131 e. The highest BCUT2D eigenvalue weighted by molar-refractivity contribution is 5.22. The Morgan fingerprint density at radius 3 is 2.32 bits per heavy atom. The van der Waals surface area contributed by atoms with Crippen LogP contribution in [0.1, 0.15) is 24.5 Å². The van der Waals surface area contributed by atoms with Crippen molar-refractivity contribution in [2.45, 2.75) is 18.9 Å². The van der Waals surface area contributed by atoms with Crippen molar-refractivity contribution in [1.29, 1.82) is 0 Å². The zero-order valence-electron chi connectivity index (χ0n) is 10.7. The number of β-amino-alcohol motifs (C(OH)–C–C–N with tert-alkyl or cyclic N) is 1. The Bertz CT molecular complexity index is 400. The van der Waals surface area contributed by atoms with Crippen LogP contribution in [0.15, 0.2) is 18.2 Å². The van der Waals surface area contributed by atoms with Crippen LogP contribution in [0.2, 0.25) is 0 Å². The number of aliphatic hydroxyl groups is 2. The molecule has 1 aromatic rings. The maximum atomic E-state index is 13.5.